The molecule has 0 bridgehead atoms. The van der Waals surface area contributed by atoms with Crippen LogP contribution in [0.15, 0.2) is 200 Å². The van der Waals surface area contributed by atoms with Gasteiger partial charge in [-0.3, -0.25) is 29.1 Å². The number of carbonyl (C=O) groups is 3. The minimum absolute atomic E-state index is 0. The Hall–Kier alpha value is -8.88. The number of aromatic hydroxyl groups is 3. The number of amides is 3. The zero-order valence-electron chi connectivity index (χ0n) is 64.6. The van der Waals surface area contributed by atoms with Crippen molar-refractivity contribution < 1.29 is 97.7 Å². The van der Waals surface area contributed by atoms with Gasteiger partial charge in [-0.25, -0.2) is 9.97 Å². The maximum atomic E-state index is 13.1. The van der Waals surface area contributed by atoms with Crippen molar-refractivity contribution in [3.63, 3.8) is 0 Å². The average Bonchev–Trinajstić information content (AvgIpc) is 0.827. The molecule has 0 saturated carbocycles. The standard InChI is InChI=1S/C31H37N3O3.2C28H34N4O3.W.Y/c1-21(2)29(20-33-15-16-34(24(5)19-33)26-7-6-8-27(35)18-26)32-31(36)25-11-13-28(14-12-25)37-30-17-22(3)9-10-23(30)4;1-20(2)26(19-31-14-15-32(21(3)18-31)23-8-7-9-24(33)16-23)30-28(34)22-12-13-27(29-17-22)35-25-10-5-4-6-11-25;1-20(2)27(19-31-14-15-32(21(3)18-31)22-8-7-9-23(33)16-22)30-28(34)26-13-12-25(17-29-26)35-24-10-5-4-6-11-24;;/h6-8,10-13,17-18,21,24,29,35H,15-16,19-20H2,1-5H3,(H,32,36);4-13,16-17,20-21,26,33H,14-15,18-19H2,1-3H3,(H,30,34);4-13,16-17,20-21,27,33H,14-15,18-19H2,1-3H3,(H,30,34);;/q-2;;;;/t24-,29+;21-,26+;21-,27+;;/m000../s1. The van der Waals surface area contributed by atoms with E-state index in [9.17, 15) is 29.7 Å². The first kappa shape index (κ1) is 85.7. The summed E-state index contributed by atoms with van der Waals surface area (Å²) < 4.78 is 17.5. The molecule has 109 heavy (non-hydrogen) atoms. The molecule has 6 atom stereocenters. The van der Waals surface area contributed by atoms with Gasteiger partial charge >= 0.3 is 0 Å². The molecule has 9 aromatic rings. The Labute approximate surface area is 683 Å². The van der Waals surface area contributed by atoms with Gasteiger partial charge in [-0.05, 0) is 117 Å². The molecule has 3 fully saturated rings. The number of carbonyl (C=O) groups excluding carboxylic acids is 3. The number of aryl methyl sites for hydroxylation is 2. The maximum absolute atomic E-state index is 13.1. The number of rotatable bonds is 24. The van der Waals surface area contributed by atoms with E-state index < -0.39 is 0 Å². The molecule has 7 aromatic carbocycles. The zero-order chi connectivity index (χ0) is 76.1. The Morgan fingerprint density at radius 1 is 0.459 bits per heavy atom. The summed E-state index contributed by atoms with van der Waals surface area (Å²) in [7, 11) is 0. The van der Waals surface area contributed by atoms with Crippen LogP contribution in [0.25, 0.3) is 0 Å². The van der Waals surface area contributed by atoms with Crippen LogP contribution < -0.4 is 44.9 Å². The Kier molecular flexibility index (Phi) is 32.9. The largest absolute Gasteiger partial charge is 0.509 e. The van der Waals surface area contributed by atoms with Crippen LogP contribution in [0.5, 0.6) is 51.9 Å². The van der Waals surface area contributed by atoms with Crippen molar-refractivity contribution in [2.24, 2.45) is 17.8 Å². The second kappa shape index (κ2) is 41.8. The zero-order valence-corrected chi connectivity index (χ0v) is 70.4. The molecule has 3 amide bonds. The average molecular weight is 1720 g/mol. The van der Waals surface area contributed by atoms with Crippen molar-refractivity contribution in [3.05, 3.63) is 241 Å². The summed E-state index contributed by atoms with van der Waals surface area (Å²) in [6.45, 7) is 33.7. The van der Waals surface area contributed by atoms with Crippen molar-refractivity contribution >= 4 is 34.8 Å². The van der Waals surface area contributed by atoms with Gasteiger partial charge in [0.25, 0.3) is 11.8 Å². The SMILES string of the molecule is CC(C)[C@@H](CN1CCN(c2cccc(O)c2)[C@@H](C)C1)NC(=O)c1ccc(Oc2ccccc2)cn1.CC(C)[C@@H](CN1CCN(c2cccc(O)c2)[C@@H](C)C1)NC(=O)c1ccc(Oc2ccccc2)nc1.Cc1[c-]cc(C)c(Oc2[c-]cc(C(=O)N[C@H](CN3CCN(c4cccc(O)c4)[C@@H](C)C3)C(C)C)cc2)c1.[W].[Y]. The molecule has 0 aliphatic carbocycles. The predicted octanol–water partition coefficient (Wildman–Crippen LogP) is 14.5. The van der Waals surface area contributed by atoms with Crippen LogP contribution in [-0.4, -0.2) is 172 Å². The first-order chi connectivity index (χ1) is 51.5. The summed E-state index contributed by atoms with van der Waals surface area (Å²) in [5.74, 6) is 5.11. The fourth-order valence-electron chi connectivity index (χ4n) is 13.5. The van der Waals surface area contributed by atoms with Gasteiger partial charge in [0.15, 0.2) is 5.91 Å². The topological polar surface area (TPSA) is 221 Å². The molecule has 3 saturated heterocycles. The summed E-state index contributed by atoms with van der Waals surface area (Å²) in [4.78, 5) is 61.8. The first-order valence-electron chi connectivity index (χ1n) is 37.3. The molecule has 20 nitrogen and oxygen atoms in total. The van der Waals surface area contributed by atoms with Gasteiger partial charge < -0.3 is 60.2 Å². The number of piperazine rings is 3. The van der Waals surface area contributed by atoms with Gasteiger partial charge in [0.05, 0.1) is 11.8 Å². The number of hydrogen-bond donors (Lipinski definition) is 6. The number of ether oxygens (including phenoxy) is 3. The van der Waals surface area contributed by atoms with Crippen molar-refractivity contribution in [2.45, 2.75) is 112 Å². The van der Waals surface area contributed by atoms with Gasteiger partial charge in [-0.2, -0.15) is 29.8 Å². The molecule has 0 unspecified atom stereocenters. The third-order valence-corrected chi connectivity index (χ3v) is 19.8. The quantitative estimate of drug-likeness (QED) is 0.0310. The smallest absolute Gasteiger partial charge is 0.270 e. The molecular weight excluding hydrogens is 1620 g/mol. The van der Waals surface area contributed by atoms with Crippen LogP contribution in [0.2, 0.25) is 0 Å². The normalized spacial score (nSPS) is 16.9. The number of phenols is 3. The van der Waals surface area contributed by atoms with E-state index in [2.05, 4.69) is 130 Å². The van der Waals surface area contributed by atoms with E-state index in [1.54, 1.807) is 73.1 Å². The van der Waals surface area contributed by atoms with Gasteiger partial charge in [-0.15, -0.1) is 23.8 Å². The molecule has 5 heterocycles. The number of pyridine rings is 2. The minimum Gasteiger partial charge on any atom is -0.509 e. The Balaban J connectivity index is 0.000000204. The molecule has 573 valence electrons. The molecule has 1 radical (unpaired) electrons. The fourth-order valence-corrected chi connectivity index (χ4v) is 13.5. The predicted molar refractivity (Wildman–Crippen MR) is 424 cm³/mol. The monoisotopic (exact) mass is 1720 g/mol. The van der Waals surface area contributed by atoms with Crippen molar-refractivity contribution in [2.75, 3.05) is 93.2 Å². The van der Waals surface area contributed by atoms with Crippen LogP contribution in [0, 0.1) is 43.7 Å². The van der Waals surface area contributed by atoms with Crippen molar-refractivity contribution in [3.8, 4) is 51.9 Å². The van der Waals surface area contributed by atoms with E-state index in [0.29, 0.717) is 58.1 Å². The number of hydrogen-bond acceptors (Lipinski definition) is 17. The molecule has 6 N–H and O–H groups in total. The third-order valence-electron chi connectivity index (χ3n) is 19.8. The number of anilines is 3. The Bertz CT molecular complexity index is 4120. The molecule has 0 spiro atoms. The Morgan fingerprint density at radius 2 is 0.899 bits per heavy atom. The van der Waals surface area contributed by atoms with Crippen LogP contribution in [0.1, 0.15) is 105 Å². The van der Waals surface area contributed by atoms with Crippen LogP contribution in [0.4, 0.5) is 17.1 Å². The van der Waals surface area contributed by atoms with Crippen LogP contribution >= 0.6 is 0 Å². The van der Waals surface area contributed by atoms with E-state index in [-0.39, 0.29) is 125 Å². The van der Waals surface area contributed by atoms with Gasteiger partial charge in [0.1, 0.15) is 40.2 Å². The molecule has 2 aromatic heterocycles. The maximum Gasteiger partial charge on any atom is 0.270 e. The molecule has 12 rings (SSSR count). The summed E-state index contributed by atoms with van der Waals surface area (Å²) in [5.41, 5.74) is 6.57. The van der Waals surface area contributed by atoms with Crippen LogP contribution in [0.3, 0.4) is 0 Å². The molecule has 3 aliphatic rings. The summed E-state index contributed by atoms with van der Waals surface area (Å²) in [5, 5.41) is 39.1. The molecule has 3 aliphatic heterocycles. The van der Waals surface area contributed by atoms with Crippen molar-refractivity contribution in [1.29, 1.82) is 0 Å². The molecular formula is C87H105N11O9WY-2. The number of para-hydroxylation sites is 2. The number of nitrogens with one attached hydrogen (secondary N) is 3. The second-order valence-electron chi connectivity index (χ2n) is 29.2. The Morgan fingerprint density at radius 3 is 1.29 bits per heavy atom. The summed E-state index contributed by atoms with van der Waals surface area (Å²) >= 11 is 0. The second-order valence-corrected chi connectivity index (χ2v) is 29.2. The van der Waals surface area contributed by atoms with Crippen molar-refractivity contribution in [1.82, 2.24) is 40.6 Å². The number of aromatic nitrogens is 2. The fraction of sp³-hybridized carbons (Fsp3) is 0.368. The number of nitrogens with zero attached hydrogens (tertiary/aromatic N) is 8. The van der Waals surface area contributed by atoms with Gasteiger partial charge in [-0.1, -0.05) is 116 Å². The summed E-state index contributed by atoms with van der Waals surface area (Å²) in [6.07, 6.45) is 3.13. The van der Waals surface area contributed by atoms with E-state index in [1.165, 1.54) is 0 Å². The van der Waals surface area contributed by atoms with E-state index in [4.69, 9.17) is 14.2 Å². The van der Waals surface area contributed by atoms with E-state index >= 15 is 0 Å². The third kappa shape index (κ3) is 25.6. The van der Waals surface area contributed by atoms with Gasteiger partial charge in [0, 0.05) is 228 Å². The minimum atomic E-state index is -0.179. The van der Waals surface area contributed by atoms with E-state index in [1.807, 2.05) is 141 Å². The number of phenolic OH excluding ortho intramolecular Hbond substituents is 3. The van der Waals surface area contributed by atoms with E-state index in [0.717, 1.165) is 118 Å². The van der Waals surface area contributed by atoms with Gasteiger partial charge in [0.2, 0.25) is 5.88 Å². The van der Waals surface area contributed by atoms with Crippen LogP contribution in [-0.2, 0) is 53.8 Å². The number of benzene rings is 7. The summed E-state index contributed by atoms with van der Waals surface area (Å²) in [6, 6.07) is 64.4. The first-order valence-corrected chi connectivity index (χ1v) is 37.3. The molecule has 22 heteroatoms.